The van der Waals surface area contributed by atoms with E-state index < -0.39 is 39.6 Å². The van der Waals surface area contributed by atoms with Crippen LogP contribution in [0.15, 0.2) is 90.2 Å². The normalized spacial score (nSPS) is 13.5. The standard InChI is InChI=1S/C24H19ClF2N4O3S/c25-17-6-8-20(9-7-17)35(33,34)31(23(24(28)32)16-10-18(26)12-19(27)11-16)22(21-13-29-14-30-21)15-4-2-1-3-5-15/h1-14,22-23H,(H2,28,32)(H,29,30). The van der Waals surface area contributed by atoms with Gasteiger partial charge in [0.2, 0.25) is 15.9 Å². The Hall–Kier alpha value is -3.60. The number of imidazole rings is 1. The van der Waals surface area contributed by atoms with Crippen LogP contribution < -0.4 is 5.73 Å². The first kappa shape index (κ1) is 24.5. The van der Waals surface area contributed by atoms with Crippen LogP contribution in [0.3, 0.4) is 0 Å². The van der Waals surface area contributed by atoms with Gasteiger partial charge < -0.3 is 10.7 Å². The predicted molar refractivity (Wildman–Crippen MR) is 126 cm³/mol. The number of sulfonamides is 1. The van der Waals surface area contributed by atoms with Gasteiger partial charge in [0.05, 0.1) is 23.0 Å². The SMILES string of the molecule is NC(=O)C(c1cc(F)cc(F)c1)N(C(c1ccccc1)c1c[nH]cn1)S(=O)(=O)c1ccc(Cl)cc1. The molecule has 0 aliphatic carbocycles. The predicted octanol–water partition coefficient (Wildman–Crippen LogP) is 4.35. The maximum absolute atomic E-state index is 14.2. The number of primary amides is 1. The fraction of sp³-hybridized carbons (Fsp3) is 0.0833. The summed E-state index contributed by atoms with van der Waals surface area (Å²) in [7, 11) is -4.53. The third-order valence-electron chi connectivity index (χ3n) is 5.28. The van der Waals surface area contributed by atoms with Crippen molar-refractivity contribution in [3.05, 3.63) is 119 Å². The lowest BCUT2D eigenvalue weighted by molar-refractivity contribution is -0.122. The van der Waals surface area contributed by atoms with Crippen LogP contribution in [0, 0.1) is 11.6 Å². The van der Waals surface area contributed by atoms with Crippen molar-refractivity contribution in [3.63, 3.8) is 0 Å². The highest BCUT2D eigenvalue weighted by Gasteiger charge is 2.43. The van der Waals surface area contributed by atoms with E-state index in [1.54, 1.807) is 30.3 Å². The maximum Gasteiger partial charge on any atom is 0.245 e. The van der Waals surface area contributed by atoms with Crippen LogP contribution in [-0.2, 0) is 14.8 Å². The fourth-order valence-electron chi connectivity index (χ4n) is 3.83. The molecule has 1 aromatic heterocycles. The smallest absolute Gasteiger partial charge is 0.245 e. The van der Waals surface area contributed by atoms with Gasteiger partial charge in [-0.2, -0.15) is 4.31 Å². The van der Waals surface area contributed by atoms with Gasteiger partial charge in [-0.1, -0.05) is 41.9 Å². The molecule has 2 unspecified atom stereocenters. The van der Waals surface area contributed by atoms with E-state index in [9.17, 15) is 22.0 Å². The van der Waals surface area contributed by atoms with Crippen molar-refractivity contribution in [1.82, 2.24) is 14.3 Å². The molecule has 180 valence electrons. The second-order valence-corrected chi connectivity index (χ2v) is 9.88. The molecule has 0 spiro atoms. The number of amides is 1. The van der Waals surface area contributed by atoms with Crippen molar-refractivity contribution >= 4 is 27.5 Å². The van der Waals surface area contributed by atoms with Crippen LogP contribution in [0.4, 0.5) is 8.78 Å². The molecule has 11 heteroatoms. The zero-order valence-corrected chi connectivity index (χ0v) is 19.5. The van der Waals surface area contributed by atoms with E-state index in [1.807, 2.05) is 0 Å². The number of nitrogens with two attached hydrogens (primary N) is 1. The zero-order chi connectivity index (χ0) is 25.2. The summed E-state index contributed by atoms with van der Waals surface area (Å²) in [5, 5.41) is 0.293. The Kier molecular flexibility index (Phi) is 6.97. The summed E-state index contributed by atoms with van der Waals surface area (Å²) in [6.45, 7) is 0. The summed E-state index contributed by atoms with van der Waals surface area (Å²) in [4.78, 5) is 19.6. The lowest BCUT2D eigenvalue weighted by Gasteiger charge is -2.35. The molecule has 3 N–H and O–H groups in total. The number of carbonyl (C=O) groups is 1. The van der Waals surface area contributed by atoms with Gasteiger partial charge in [-0.05, 0) is 47.5 Å². The number of hydrogen-bond acceptors (Lipinski definition) is 4. The highest BCUT2D eigenvalue weighted by Crippen LogP contribution is 2.40. The number of nitrogens with one attached hydrogen (secondary N) is 1. The molecule has 4 rings (SSSR count). The Labute approximate surface area is 205 Å². The highest BCUT2D eigenvalue weighted by atomic mass is 35.5. The number of rotatable bonds is 8. The van der Waals surface area contributed by atoms with Crippen molar-refractivity contribution in [1.29, 1.82) is 0 Å². The number of hydrogen-bond donors (Lipinski definition) is 2. The van der Waals surface area contributed by atoms with Gasteiger partial charge in [0, 0.05) is 17.3 Å². The molecule has 0 fully saturated rings. The van der Waals surface area contributed by atoms with E-state index in [4.69, 9.17) is 17.3 Å². The van der Waals surface area contributed by atoms with E-state index in [0.717, 1.165) is 16.4 Å². The van der Waals surface area contributed by atoms with Crippen LogP contribution >= 0.6 is 11.6 Å². The van der Waals surface area contributed by atoms with E-state index in [-0.39, 0.29) is 16.2 Å². The summed E-state index contributed by atoms with van der Waals surface area (Å²) in [5.74, 6) is -3.12. The molecular weight excluding hydrogens is 498 g/mol. The molecule has 0 saturated heterocycles. The van der Waals surface area contributed by atoms with Gasteiger partial charge in [0.15, 0.2) is 0 Å². The minimum atomic E-state index is -4.53. The molecule has 3 aromatic carbocycles. The van der Waals surface area contributed by atoms with E-state index >= 15 is 0 Å². The zero-order valence-electron chi connectivity index (χ0n) is 18.0. The first-order chi connectivity index (χ1) is 16.7. The quantitative estimate of drug-likeness (QED) is 0.363. The number of aromatic nitrogens is 2. The minimum Gasteiger partial charge on any atom is -0.368 e. The van der Waals surface area contributed by atoms with Crippen molar-refractivity contribution in [2.24, 2.45) is 5.73 Å². The molecule has 1 heterocycles. The van der Waals surface area contributed by atoms with Crippen LogP contribution in [-0.4, -0.2) is 28.6 Å². The van der Waals surface area contributed by atoms with Crippen LogP contribution in [0.2, 0.25) is 5.02 Å². The summed E-state index contributed by atoms with van der Waals surface area (Å²) in [6, 6.07) is 13.1. The molecule has 35 heavy (non-hydrogen) atoms. The van der Waals surface area contributed by atoms with E-state index in [1.165, 1.54) is 36.8 Å². The Bertz CT molecular complexity index is 1410. The first-order valence-corrected chi connectivity index (χ1v) is 12.1. The van der Waals surface area contributed by atoms with Gasteiger partial charge in [-0.25, -0.2) is 22.2 Å². The number of benzene rings is 3. The molecular formula is C24H19ClF2N4O3S. The topological polar surface area (TPSA) is 109 Å². The van der Waals surface area contributed by atoms with Crippen molar-refractivity contribution in [2.45, 2.75) is 17.0 Å². The largest absolute Gasteiger partial charge is 0.368 e. The minimum absolute atomic E-state index is 0.207. The molecule has 0 radical (unpaired) electrons. The Balaban J connectivity index is 2.04. The van der Waals surface area contributed by atoms with Crippen LogP contribution in [0.5, 0.6) is 0 Å². The molecule has 0 saturated carbocycles. The molecule has 1 amide bonds. The summed E-state index contributed by atoms with van der Waals surface area (Å²) in [5.41, 5.74) is 6.10. The first-order valence-electron chi connectivity index (χ1n) is 10.3. The molecule has 2 atom stereocenters. The number of carbonyl (C=O) groups excluding carboxylic acids is 1. The Morgan fingerprint density at radius 3 is 2.14 bits per heavy atom. The van der Waals surface area contributed by atoms with E-state index in [0.29, 0.717) is 16.7 Å². The Morgan fingerprint density at radius 1 is 0.971 bits per heavy atom. The summed E-state index contributed by atoms with van der Waals surface area (Å²) < 4.78 is 57.4. The van der Waals surface area contributed by atoms with Gasteiger partial charge >= 0.3 is 0 Å². The molecule has 7 nitrogen and oxygen atoms in total. The molecule has 4 aromatic rings. The fourth-order valence-corrected chi connectivity index (χ4v) is 5.69. The molecule has 0 aliphatic rings. The third kappa shape index (κ3) is 5.09. The maximum atomic E-state index is 14.2. The van der Waals surface area contributed by atoms with Gasteiger partial charge in [-0.15, -0.1) is 0 Å². The number of aromatic amines is 1. The number of H-pyrrole nitrogens is 1. The van der Waals surface area contributed by atoms with Crippen molar-refractivity contribution in [3.8, 4) is 0 Å². The second-order valence-electron chi connectivity index (χ2n) is 7.60. The summed E-state index contributed by atoms with van der Waals surface area (Å²) >= 11 is 5.94. The third-order valence-corrected chi connectivity index (χ3v) is 7.38. The lowest BCUT2D eigenvalue weighted by atomic mass is 9.99. The molecule has 0 bridgehead atoms. The molecule has 0 aliphatic heterocycles. The Morgan fingerprint density at radius 2 is 1.60 bits per heavy atom. The van der Waals surface area contributed by atoms with Gasteiger partial charge in [0.25, 0.3) is 0 Å². The lowest BCUT2D eigenvalue weighted by Crippen LogP contribution is -2.44. The van der Waals surface area contributed by atoms with Gasteiger partial charge in [-0.3, -0.25) is 4.79 Å². The van der Waals surface area contributed by atoms with Gasteiger partial charge in [0.1, 0.15) is 17.7 Å². The van der Waals surface area contributed by atoms with Crippen LogP contribution in [0.1, 0.15) is 28.9 Å². The van der Waals surface area contributed by atoms with Crippen LogP contribution in [0.25, 0.3) is 0 Å². The number of halogens is 3. The monoisotopic (exact) mass is 516 g/mol. The average molecular weight is 517 g/mol. The van der Waals surface area contributed by atoms with Crippen molar-refractivity contribution < 1.29 is 22.0 Å². The average Bonchev–Trinajstić information content (AvgIpc) is 3.33. The number of nitrogens with zero attached hydrogens (tertiary/aromatic N) is 2. The highest BCUT2D eigenvalue weighted by molar-refractivity contribution is 7.89. The van der Waals surface area contributed by atoms with E-state index in [2.05, 4.69) is 9.97 Å². The van der Waals surface area contributed by atoms with Crippen molar-refractivity contribution in [2.75, 3.05) is 0 Å². The second kappa shape index (κ2) is 9.95. The summed E-state index contributed by atoms with van der Waals surface area (Å²) in [6.07, 6.45) is 2.81.